The summed E-state index contributed by atoms with van der Waals surface area (Å²) < 4.78 is 28.7. The first kappa shape index (κ1) is 21.7. The molecule has 0 aliphatic rings. The predicted octanol–water partition coefficient (Wildman–Crippen LogP) is 4.36. The third-order valence-corrected chi connectivity index (χ3v) is 6.36. The number of hydrogen-bond acceptors (Lipinski definition) is 3. The van der Waals surface area contributed by atoms with Gasteiger partial charge in [0.1, 0.15) is 0 Å². The lowest BCUT2D eigenvalue weighted by molar-refractivity contribution is -0.137. The molecule has 0 heterocycles. The molecule has 0 amide bonds. The molecule has 6 heteroatoms. The molecular formula is C24H25NO4S. The number of nitrogens with one attached hydrogen (secondary N) is 1. The van der Waals surface area contributed by atoms with Gasteiger partial charge in [-0.25, -0.2) is 13.1 Å². The van der Waals surface area contributed by atoms with E-state index >= 15 is 0 Å². The maximum absolute atomic E-state index is 12.9. The Bertz CT molecular complexity index is 1050. The van der Waals surface area contributed by atoms with Crippen LogP contribution in [0.2, 0.25) is 0 Å². The Balaban J connectivity index is 1.81. The van der Waals surface area contributed by atoms with Gasteiger partial charge in [0.2, 0.25) is 10.0 Å². The van der Waals surface area contributed by atoms with Crippen molar-refractivity contribution in [3.63, 3.8) is 0 Å². The summed E-state index contributed by atoms with van der Waals surface area (Å²) in [7, 11) is -3.68. The fraction of sp³-hybridized carbons (Fsp3) is 0.208. The second-order valence-electron chi connectivity index (χ2n) is 7.17. The van der Waals surface area contributed by atoms with Crippen LogP contribution in [0.3, 0.4) is 0 Å². The molecular weight excluding hydrogens is 398 g/mol. The molecule has 0 spiro atoms. The van der Waals surface area contributed by atoms with Crippen molar-refractivity contribution in [2.24, 2.45) is 0 Å². The average Bonchev–Trinajstić information content (AvgIpc) is 2.75. The van der Waals surface area contributed by atoms with E-state index < -0.39 is 22.0 Å². The minimum atomic E-state index is -3.68. The van der Waals surface area contributed by atoms with Crippen molar-refractivity contribution in [2.75, 3.05) is 0 Å². The Labute approximate surface area is 177 Å². The molecule has 3 aromatic carbocycles. The minimum Gasteiger partial charge on any atom is -0.481 e. The van der Waals surface area contributed by atoms with E-state index in [4.69, 9.17) is 5.11 Å². The SMILES string of the molecule is O=C(O)CCCc1ccc(C(Cc2ccccc2)NS(=O)(=O)c2ccccc2)cc1. The van der Waals surface area contributed by atoms with Crippen LogP contribution >= 0.6 is 0 Å². The third-order valence-electron chi connectivity index (χ3n) is 4.87. The monoisotopic (exact) mass is 423 g/mol. The van der Waals surface area contributed by atoms with Crippen LogP contribution in [-0.4, -0.2) is 19.5 Å². The predicted molar refractivity (Wildman–Crippen MR) is 117 cm³/mol. The Kier molecular flexibility index (Phi) is 7.38. The second kappa shape index (κ2) is 10.2. The molecule has 1 unspecified atom stereocenters. The van der Waals surface area contributed by atoms with Crippen molar-refractivity contribution in [1.82, 2.24) is 4.72 Å². The molecule has 3 rings (SSSR count). The van der Waals surface area contributed by atoms with Crippen LogP contribution in [0, 0.1) is 0 Å². The van der Waals surface area contributed by atoms with Gasteiger partial charge >= 0.3 is 5.97 Å². The van der Waals surface area contributed by atoms with Crippen molar-refractivity contribution in [1.29, 1.82) is 0 Å². The first-order valence-corrected chi connectivity index (χ1v) is 11.3. The van der Waals surface area contributed by atoms with Crippen LogP contribution in [0.4, 0.5) is 0 Å². The van der Waals surface area contributed by atoms with E-state index in [0.717, 1.165) is 16.7 Å². The summed E-state index contributed by atoms with van der Waals surface area (Å²) in [6, 6.07) is 25.4. The molecule has 0 saturated carbocycles. The molecule has 0 aliphatic heterocycles. The highest BCUT2D eigenvalue weighted by atomic mass is 32.2. The highest BCUT2D eigenvalue weighted by molar-refractivity contribution is 7.89. The van der Waals surface area contributed by atoms with E-state index in [1.54, 1.807) is 30.3 Å². The van der Waals surface area contributed by atoms with E-state index in [1.165, 1.54) is 0 Å². The van der Waals surface area contributed by atoms with Gasteiger partial charge in [0.25, 0.3) is 0 Å². The maximum Gasteiger partial charge on any atom is 0.303 e. The summed E-state index contributed by atoms with van der Waals surface area (Å²) >= 11 is 0. The van der Waals surface area contributed by atoms with Crippen LogP contribution in [0.1, 0.15) is 35.6 Å². The standard InChI is InChI=1S/C24H25NO4S/c26-24(27)13-7-10-19-14-16-21(17-15-19)23(18-20-8-3-1-4-9-20)25-30(28,29)22-11-5-2-6-12-22/h1-6,8-9,11-12,14-17,23,25H,7,10,13,18H2,(H,26,27). The van der Waals surface area contributed by atoms with Gasteiger partial charge < -0.3 is 5.11 Å². The molecule has 0 radical (unpaired) electrons. The zero-order valence-corrected chi connectivity index (χ0v) is 17.4. The Morgan fingerprint density at radius 3 is 2.03 bits per heavy atom. The van der Waals surface area contributed by atoms with Gasteiger partial charge in [0.15, 0.2) is 0 Å². The number of hydrogen-bond donors (Lipinski definition) is 2. The molecule has 0 aromatic heterocycles. The Hall–Kier alpha value is -2.96. The topological polar surface area (TPSA) is 83.5 Å². The number of sulfonamides is 1. The number of benzene rings is 3. The highest BCUT2D eigenvalue weighted by Crippen LogP contribution is 2.23. The van der Waals surface area contributed by atoms with Gasteiger partial charge in [-0.1, -0.05) is 72.8 Å². The van der Waals surface area contributed by atoms with Gasteiger partial charge in [-0.15, -0.1) is 0 Å². The van der Waals surface area contributed by atoms with Gasteiger partial charge in [-0.05, 0) is 48.1 Å². The summed E-state index contributed by atoms with van der Waals surface area (Å²) in [5, 5.41) is 8.79. The number of carbonyl (C=O) groups is 1. The van der Waals surface area contributed by atoms with Crippen LogP contribution in [0.15, 0.2) is 89.8 Å². The van der Waals surface area contributed by atoms with Crippen molar-refractivity contribution in [2.45, 2.75) is 36.6 Å². The number of carboxylic acids is 1. The molecule has 5 nitrogen and oxygen atoms in total. The van der Waals surface area contributed by atoms with Gasteiger partial charge in [-0.2, -0.15) is 0 Å². The number of carboxylic acid groups (broad SMARTS) is 1. The van der Waals surface area contributed by atoms with E-state index in [1.807, 2.05) is 54.6 Å². The zero-order chi connectivity index (χ0) is 21.4. The molecule has 3 aromatic rings. The lowest BCUT2D eigenvalue weighted by Gasteiger charge is -2.20. The van der Waals surface area contributed by atoms with Crippen LogP contribution < -0.4 is 4.72 Å². The molecule has 30 heavy (non-hydrogen) atoms. The van der Waals surface area contributed by atoms with E-state index in [9.17, 15) is 13.2 Å². The number of rotatable bonds is 10. The van der Waals surface area contributed by atoms with Gasteiger partial charge in [0, 0.05) is 6.42 Å². The average molecular weight is 424 g/mol. The van der Waals surface area contributed by atoms with E-state index in [2.05, 4.69) is 4.72 Å². The van der Waals surface area contributed by atoms with Gasteiger partial charge in [0.05, 0.1) is 10.9 Å². The third kappa shape index (κ3) is 6.27. The number of aliphatic carboxylic acids is 1. The molecule has 0 fully saturated rings. The summed E-state index contributed by atoms with van der Waals surface area (Å²) in [5.74, 6) is -0.801. The van der Waals surface area contributed by atoms with Crippen molar-refractivity contribution in [3.8, 4) is 0 Å². The van der Waals surface area contributed by atoms with Crippen molar-refractivity contribution in [3.05, 3.63) is 102 Å². The first-order valence-electron chi connectivity index (χ1n) is 9.86. The molecule has 0 saturated heterocycles. The summed E-state index contributed by atoms with van der Waals surface area (Å²) in [6.45, 7) is 0. The summed E-state index contributed by atoms with van der Waals surface area (Å²) in [4.78, 5) is 10.9. The highest BCUT2D eigenvalue weighted by Gasteiger charge is 2.21. The Morgan fingerprint density at radius 1 is 0.833 bits per heavy atom. The van der Waals surface area contributed by atoms with E-state index in [-0.39, 0.29) is 11.3 Å². The zero-order valence-electron chi connectivity index (χ0n) is 16.6. The lowest BCUT2D eigenvalue weighted by atomic mass is 9.98. The smallest absolute Gasteiger partial charge is 0.303 e. The van der Waals surface area contributed by atoms with Crippen molar-refractivity contribution < 1.29 is 18.3 Å². The minimum absolute atomic E-state index is 0.134. The van der Waals surface area contributed by atoms with E-state index in [0.29, 0.717) is 19.3 Å². The fourth-order valence-corrected chi connectivity index (χ4v) is 4.54. The Morgan fingerprint density at radius 2 is 1.43 bits per heavy atom. The largest absolute Gasteiger partial charge is 0.481 e. The van der Waals surface area contributed by atoms with Crippen LogP contribution in [-0.2, 0) is 27.7 Å². The van der Waals surface area contributed by atoms with Crippen molar-refractivity contribution >= 4 is 16.0 Å². The van der Waals surface area contributed by atoms with Crippen LogP contribution in [0.25, 0.3) is 0 Å². The maximum atomic E-state index is 12.9. The summed E-state index contributed by atoms with van der Waals surface area (Å²) in [6.07, 6.45) is 1.90. The molecule has 0 bridgehead atoms. The second-order valence-corrected chi connectivity index (χ2v) is 8.88. The number of aryl methyl sites for hydroxylation is 1. The van der Waals surface area contributed by atoms with Crippen LogP contribution in [0.5, 0.6) is 0 Å². The van der Waals surface area contributed by atoms with Gasteiger partial charge in [-0.3, -0.25) is 4.79 Å². The summed E-state index contributed by atoms with van der Waals surface area (Å²) in [5.41, 5.74) is 2.92. The molecule has 156 valence electrons. The molecule has 1 atom stereocenters. The quantitative estimate of drug-likeness (QED) is 0.508. The molecule has 0 aliphatic carbocycles. The normalized spacial score (nSPS) is 12.4. The first-order chi connectivity index (χ1) is 14.4. The lowest BCUT2D eigenvalue weighted by Crippen LogP contribution is -2.30. The molecule has 2 N–H and O–H groups in total. The fourth-order valence-electron chi connectivity index (χ4n) is 3.29.